The molecular weight excluding hydrogens is 389 g/mol. The number of rotatable bonds is 5. The van der Waals surface area contributed by atoms with E-state index in [4.69, 9.17) is 4.42 Å². The van der Waals surface area contributed by atoms with Gasteiger partial charge in [-0.1, -0.05) is 29.2 Å². The molecule has 6 nitrogen and oxygen atoms in total. The third-order valence-corrected chi connectivity index (χ3v) is 5.67. The number of benzene rings is 2. The lowest BCUT2D eigenvalue weighted by Gasteiger charge is -2.04. The number of nitrogens with one attached hydrogen (secondary N) is 1. The normalized spacial score (nSPS) is 11.0. The van der Waals surface area contributed by atoms with Crippen LogP contribution in [0.4, 0.5) is 15.2 Å². The highest BCUT2D eigenvalue weighted by molar-refractivity contribution is 8.00. The van der Waals surface area contributed by atoms with Crippen molar-refractivity contribution in [3.63, 3.8) is 0 Å². The van der Waals surface area contributed by atoms with Gasteiger partial charge < -0.3 is 14.8 Å². The Morgan fingerprint density at radius 2 is 2.07 bits per heavy atom. The molecule has 0 bridgehead atoms. The van der Waals surface area contributed by atoms with Gasteiger partial charge in [0, 0.05) is 29.0 Å². The molecule has 0 unspecified atom stereocenters. The molecule has 9 heteroatoms. The van der Waals surface area contributed by atoms with E-state index in [0.29, 0.717) is 26.5 Å². The maximum Gasteiger partial charge on any atom is 0.336 e. The van der Waals surface area contributed by atoms with Crippen molar-refractivity contribution < 1.29 is 13.9 Å². The lowest BCUT2D eigenvalue weighted by Crippen LogP contribution is -1.99. The predicted molar refractivity (Wildman–Crippen MR) is 103 cm³/mol. The molecule has 2 aromatic carbocycles. The maximum atomic E-state index is 13.2. The average molecular weight is 401 g/mol. The minimum absolute atomic E-state index is 0.0349. The van der Waals surface area contributed by atoms with Crippen LogP contribution in [0.15, 0.2) is 62.1 Å². The van der Waals surface area contributed by atoms with Crippen molar-refractivity contribution in [3.05, 3.63) is 70.3 Å². The molecule has 2 heterocycles. The largest absolute Gasteiger partial charge is 0.508 e. The third kappa shape index (κ3) is 4.09. The van der Waals surface area contributed by atoms with Crippen LogP contribution >= 0.6 is 23.1 Å². The van der Waals surface area contributed by atoms with E-state index in [-0.39, 0.29) is 11.6 Å². The molecule has 27 heavy (non-hydrogen) atoms. The lowest BCUT2D eigenvalue weighted by molar-refractivity contribution is 0.473. The Hall–Kier alpha value is -2.91. The van der Waals surface area contributed by atoms with Crippen LogP contribution in [-0.2, 0) is 5.75 Å². The zero-order valence-electron chi connectivity index (χ0n) is 13.7. The molecule has 0 atom stereocenters. The number of fused-ring (bicyclic) bond motifs is 1. The number of halogens is 1. The summed E-state index contributed by atoms with van der Waals surface area (Å²) >= 11 is 2.75. The smallest absolute Gasteiger partial charge is 0.336 e. The van der Waals surface area contributed by atoms with Gasteiger partial charge in [-0.3, -0.25) is 0 Å². The zero-order valence-corrected chi connectivity index (χ0v) is 15.3. The first-order valence-electron chi connectivity index (χ1n) is 7.81. The van der Waals surface area contributed by atoms with Crippen molar-refractivity contribution in [2.24, 2.45) is 0 Å². The molecule has 0 saturated carbocycles. The summed E-state index contributed by atoms with van der Waals surface area (Å²) in [5.74, 6) is 0.189. The predicted octanol–water partition coefficient (Wildman–Crippen LogP) is 4.53. The van der Waals surface area contributed by atoms with Crippen LogP contribution in [0.3, 0.4) is 0 Å². The zero-order chi connectivity index (χ0) is 18.8. The first kappa shape index (κ1) is 17.5. The molecule has 0 radical (unpaired) electrons. The second-order valence-corrected chi connectivity index (χ2v) is 7.77. The van der Waals surface area contributed by atoms with Gasteiger partial charge in [-0.2, -0.15) is 0 Å². The lowest BCUT2D eigenvalue weighted by atomic mass is 10.1. The van der Waals surface area contributed by atoms with Gasteiger partial charge in [-0.05, 0) is 35.9 Å². The Morgan fingerprint density at radius 1 is 1.19 bits per heavy atom. The Bertz CT molecular complexity index is 1180. The summed E-state index contributed by atoms with van der Waals surface area (Å²) in [7, 11) is 0. The van der Waals surface area contributed by atoms with Crippen molar-refractivity contribution in [2.75, 3.05) is 5.32 Å². The van der Waals surface area contributed by atoms with E-state index in [9.17, 15) is 14.3 Å². The first-order valence-corrected chi connectivity index (χ1v) is 9.62. The van der Waals surface area contributed by atoms with Gasteiger partial charge in [0.2, 0.25) is 5.13 Å². The van der Waals surface area contributed by atoms with E-state index in [1.54, 1.807) is 24.3 Å². The molecule has 0 spiro atoms. The molecule has 4 rings (SSSR count). The number of nitrogens with zero attached hydrogens (tertiary/aromatic N) is 2. The maximum absolute atomic E-state index is 13.2. The van der Waals surface area contributed by atoms with E-state index in [0.717, 1.165) is 10.9 Å². The summed E-state index contributed by atoms with van der Waals surface area (Å²) in [5, 5.41) is 22.0. The van der Waals surface area contributed by atoms with Crippen molar-refractivity contribution in [1.82, 2.24) is 10.2 Å². The number of phenols is 1. The molecule has 136 valence electrons. The number of aromatic hydroxyl groups is 1. The third-order valence-electron chi connectivity index (χ3n) is 3.65. The summed E-state index contributed by atoms with van der Waals surface area (Å²) in [6.07, 6.45) is 0. The molecule has 0 saturated heterocycles. The Balaban J connectivity index is 1.50. The van der Waals surface area contributed by atoms with Crippen molar-refractivity contribution in [2.45, 2.75) is 10.1 Å². The number of anilines is 2. The molecular formula is C18H12FN3O3S2. The summed E-state index contributed by atoms with van der Waals surface area (Å²) < 4.78 is 19.1. The van der Waals surface area contributed by atoms with E-state index in [1.165, 1.54) is 47.4 Å². The number of hydrogen-bond donors (Lipinski definition) is 2. The molecule has 0 aliphatic rings. The Morgan fingerprint density at radius 3 is 2.93 bits per heavy atom. The van der Waals surface area contributed by atoms with Crippen LogP contribution in [-0.4, -0.2) is 15.3 Å². The van der Waals surface area contributed by atoms with Crippen LogP contribution < -0.4 is 10.9 Å². The minimum Gasteiger partial charge on any atom is -0.508 e. The van der Waals surface area contributed by atoms with Crippen molar-refractivity contribution in [3.8, 4) is 5.75 Å². The van der Waals surface area contributed by atoms with Crippen LogP contribution in [0, 0.1) is 5.82 Å². The Kier molecular flexibility index (Phi) is 4.78. The highest BCUT2D eigenvalue weighted by atomic mass is 32.2. The molecule has 0 aliphatic heterocycles. The van der Waals surface area contributed by atoms with Crippen LogP contribution in [0.1, 0.15) is 5.56 Å². The number of hydrogen-bond acceptors (Lipinski definition) is 8. The molecule has 2 aromatic heterocycles. The van der Waals surface area contributed by atoms with Crippen LogP contribution in [0.25, 0.3) is 11.0 Å². The highest BCUT2D eigenvalue weighted by Crippen LogP contribution is 2.32. The average Bonchev–Trinajstić information content (AvgIpc) is 3.06. The second-order valence-electron chi connectivity index (χ2n) is 5.57. The van der Waals surface area contributed by atoms with Crippen molar-refractivity contribution in [1.29, 1.82) is 0 Å². The summed E-state index contributed by atoms with van der Waals surface area (Å²) in [5.41, 5.74) is 1.23. The van der Waals surface area contributed by atoms with Gasteiger partial charge in [0.05, 0.1) is 0 Å². The van der Waals surface area contributed by atoms with Crippen molar-refractivity contribution >= 4 is 44.9 Å². The number of thioether (sulfide) groups is 1. The second kappa shape index (κ2) is 7.37. The molecule has 0 fully saturated rings. The highest BCUT2D eigenvalue weighted by Gasteiger charge is 2.10. The summed E-state index contributed by atoms with van der Waals surface area (Å²) in [6.45, 7) is 0. The molecule has 4 aromatic rings. The van der Waals surface area contributed by atoms with E-state index >= 15 is 0 Å². The van der Waals surface area contributed by atoms with E-state index < -0.39 is 5.63 Å². The van der Waals surface area contributed by atoms with E-state index in [2.05, 4.69) is 15.5 Å². The van der Waals surface area contributed by atoms with Crippen LogP contribution in [0.5, 0.6) is 5.75 Å². The van der Waals surface area contributed by atoms with Gasteiger partial charge in [0.1, 0.15) is 17.1 Å². The van der Waals surface area contributed by atoms with Gasteiger partial charge in [-0.15, -0.1) is 10.2 Å². The summed E-state index contributed by atoms with van der Waals surface area (Å²) in [4.78, 5) is 11.7. The SMILES string of the molecule is O=c1cc(CSc2nnc(Nc3cccc(F)c3)s2)c2ccc(O)cc2o1. The Labute approximate surface area is 160 Å². The molecule has 2 N–H and O–H groups in total. The minimum atomic E-state index is -0.477. The van der Waals surface area contributed by atoms with Gasteiger partial charge in [0.15, 0.2) is 4.34 Å². The fourth-order valence-electron chi connectivity index (χ4n) is 2.49. The first-order chi connectivity index (χ1) is 13.1. The molecule has 0 amide bonds. The monoisotopic (exact) mass is 401 g/mol. The quantitative estimate of drug-likeness (QED) is 0.375. The fraction of sp³-hybridized carbons (Fsp3) is 0.0556. The van der Waals surface area contributed by atoms with Gasteiger partial charge in [0.25, 0.3) is 0 Å². The van der Waals surface area contributed by atoms with E-state index in [1.807, 2.05) is 0 Å². The topological polar surface area (TPSA) is 88.2 Å². The van der Waals surface area contributed by atoms with Gasteiger partial charge >= 0.3 is 5.63 Å². The molecule has 0 aliphatic carbocycles. The number of phenolic OH excluding ortho intramolecular Hbond substituents is 1. The van der Waals surface area contributed by atoms with Gasteiger partial charge in [-0.25, -0.2) is 9.18 Å². The summed E-state index contributed by atoms with van der Waals surface area (Å²) in [6, 6.07) is 12.2. The standard InChI is InChI=1S/C18H12FN3O3S2/c19-11-2-1-3-12(7-11)20-17-21-22-18(27-17)26-9-10-6-16(24)25-15-8-13(23)4-5-14(10)15/h1-8,23H,9H2,(H,20,21). The number of aromatic nitrogens is 2. The fourth-order valence-corrected chi connectivity index (χ4v) is 4.25. The van der Waals surface area contributed by atoms with Crippen LogP contribution in [0.2, 0.25) is 0 Å².